The number of rotatable bonds is 6. The Bertz CT molecular complexity index is 1450. The summed E-state index contributed by atoms with van der Waals surface area (Å²) in [5, 5.41) is 10.9. The van der Waals surface area contributed by atoms with E-state index >= 15 is 0 Å². The van der Waals surface area contributed by atoms with Crippen molar-refractivity contribution in [3.63, 3.8) is 0 Å². The van der Waals surface area contributed by atoms with E-state index in [4.69, 9.17) is 4.42 Å². The van der Waals surface area contributed by atoms with Crippen molar-refractivity contribution < 1.29 is 18.7 Å². The highest BCUT2D eigenvalue weighted by atomic mass is 32.2. The summed E-state index contributed by atoms with van der Waals surface area (Å²) in [5.41, 5.74) is 3.43. The number of aliphatic carboxylic acids is 1. The van der Waals surface area contributed by atoms with E-state index in [1.54, 1.807) is 30.3 Å². The summed E-state index contributed by atoms with van der Waals surface area (Å²) in [4.78, 5) is 16.4. The summed E-state index contributed by atoms with van der Waals surface area (Å²) in [6, 6.07) is 21.5. The Hall–Kier alpha value is -3.84. The number of carboxylic acid groups (broad SMARTS) is 1. The third-order valence-corrected chi connectivity index (χ3v) is 5.95. The first-order chi connectivity index (χ1) is 15.6. The van der Waals surface area contributed by atoms with Crippen LogP contribution in [0.5, 0.6) is 0 Å². The van der Waals surface area contributed by atoms with Crippen LogP contribution in [0.25, 0.3) is 28.1 Å². The van der Waals surface area contributed by atoms with E-state index in [1.807, 2.05) is 53.2 Å². The number of oxazole rings is 1. The number of hydrogen-bond acceptors (Lipinski definition) is 4. The second-order valence-electron chi connectivity index (χ2n) is 7.18. The molecule has 0 spiro atoms. The first-order valence-corrected chi connectivity index (χ1v) is 10.7. The molecule has 0 unspecified atom stereocenters. The Morgan fingerprint density at radius 1 is 1.06 bits per heavy atom. The average molecular weight is 444 g/mol. The second kappa shape index (κ2) is 8.36. The first kappa shape index (κ1) is 20.1. The van der Waals surface area contributed by atoms with Gasteiger partial charge in [-0.15, -0.1) is 0 Å². The molecule has 3 aromatic carbocycles. The minimum Gasteiger partial charge on any atom is -0.477 e. The topological polar surface area (TPSA) is 68.3 Å². The minimum absolute atomic E-state index is 0.0744. The number of fused-ring (bicyclic) bond motifs is 2. The van der Waals surface area contributed by atoms with E-state index in [9.17, 15) is 14.3 Å². The summed E-state index contributed by atoms with van der Waals surface area (Å²) in [6.45, 7) is 0.335. The number of thioether (sulfide) groups is 1. The zero-order valence-corrected chi connectivity index (χ0v) is 17.6. The molecule has 0 atom stereocenters. The molecule has 0 aliphatic heterocycles. The number of halogens is 1. The van der Waals surface area contributed by atoms with Gasteiger partial charge < -0.3 is 14.1 Å². The number of carboxylic acids is 1. The highest BCUT2D eigenvalue weighted by Crippen LogP contribution is 2.32. The van der Waals surface area contributed by atoms with E-state index < -0.39 is 5.97 Å². The van der Waals surface area contributed by atoms with Crippen LogP contribution in [0.1, 0.15) is 11.1 Å². The predicted molar refractivity (Wildman–Crippen MR) is 123 cm³/mol. The second-order valence-corrected chi connectivity index (χ2v) is 8.18. The average Bonchev–Trinajstić information content (AvgIpc) is 3.36. The van der Waals surface area contributed by atoms with Gasteiger partial charge in [0.15, 0.2) is 5.58 Å². The van der Waals surface area contributed by atoms with Gasteiger partial charge in [0.2, 0.25) is 0 Å². The predicted octanol–water partition coefficient (Wildman–Crippen LogP) is 6.19. The van der Waals surface area contributed by atoms with Crippen LogP contribution in [-0.4, -0.2) is 20.6 Å². The van der Waals surface area contributed by atoms with Gasteiger partial charge in [-0.25, -0.2) is 14.2 Å². The van der Waals surface area contributed by atoms with Crippen LogP contribution >= 0.6 is 11.8 Å². The summed E-state index contributed by atoms with van der Waals surface area (Å²) in [5.74, 6) is -1.36. The lowest BCUT2D eigenvalue weighted by Crippen LogP contribution is -2.00. The normalized spacial score (nSPS) is 12.0. The molecule has 0 radical (unpaired) electrons. The number of para-hydroxylation sites is 3. The maximum Gasteiger partial charge on any atom is 0.342 e. The summed E-state index contributed by atoms with van der Waals surface area (Å²) < 4.78 is 21.8. The van der Waals surface area contributed by atoms with Crippen LogP contribution < -0.4 is 0 Å². The molecule has 1 N–H and O–H groups in total. The molecule has 158 valence electrons. The van der Waals surface area contributed by atoms with Gasteiger partial charge in [0.25, 0.3) is 5.22 Å². The third-order valence-electron chi connectivity index (χ3n) is 5.09. The van der Waals surface area contributed by atoms with E-state index in [1.165, 1.54) is 6.07 Å². The number of nitrogens with zero attached hydrogens (tertiary/aromatic N) is 2. The van der Waals surface area contributed by atoms with E-state index in [2.05, 4.69) is 4.98 Å². The lowest BCUT2D eigenvalue weighted by molar-refractivity contribution is -0.131. The van der Waals surface area contributed by atoms with E-state index in [0.717, 1.165) is 28.2 Å². The molecule has 5 aromatic rings. The molecule has 0 amide bonds. The number of carbonyl (C=O) groups is 1. The van der Waals surface area contributed by atoms with E-state index in [-0.39, 0.29) is 15.9 Å². The number of hydrogen-bond donors (Lipinski definition) is 1. The van der Waals surface area contributed by atoms with Crippen molar-refractivity contribution in [1.29, 1.82) is 0 Å². The van der Waals surface area contributed by atoms with Crippen LogP contribution in [0, 0.1) is 5.82 Å². The first-order valence-electron chi connectivity index (χ1n) is 9.88. The number of aromatic nitrogens is 2. The van der Waals surface area contributed by atoms with Crippen LogP contribution in [0.4, 0.5) is 4.39 Å². The van der Waals surface area contributed by atoms with Gasteiger partial charge in [-0.05, 0) is 42.1 Å². The summed E-state index contributed by atoms with van der Waals surface area (Å²) in [7, 11) is 0. The van der Waals surface area contributed by atoms with Gasteiger partial charge in [0.05, 0.1) is 6.54 Å². The zero-order valence-electron chi connectivity index (χ0n) is 16.7. The highest BCUT2D eigenvalue weighted by Gasteiger charge is 2.17. The molecule has 0 bridgehead atoms. The standard InChI is InChI=1S/C25H17FN2O3S/c26-19-9-3-1-7-16(19)14-28-15-17(18-8-2-5-11-21(18)28)13-23(24(29)30)32-25-27-20-10-4-6-12-22(20)31-25/h1-13,15H,14H2,(H,29,30)/b23-13-. The number of benzene rings is 3. The zero-order chi connectivity index (χ0) is 22.1. The van der Waals surface area contributed by atoms with Gasteiger partial charge in [-0.1, -0.05) is 48.5 Å². The molecule has 5 nitrogen and oxygen atoms in total. The Morgan fingerprint density at radius 3 is 2.62 bits per heavy atom. The van der Waals surface area contributed by atoms with Crippen molar-refractivity contribution in [3.8, 4) is 0 Å². The summed E-state index contributed by atoms with van der Waals surface area (Å²) in [6.07, 6.45) is 3.44. The van der Waals surface area contributed by atoms with Gasteiger partial charge in [0, 0.05) is 28.2 Å². The molecule has 0 saturated carbocycles. The smallest absolute Gasteiger partial charge is 0.342 e. The maximum absolute atomic E-state index is 14.2. The summed E-state index contributed by atoms with van der Waals surface area (Å²) >= 11 is 0.956. The fraction of sp³-hybridized carbons (Fsp3) is 0.0400. The molecule has 0 fully saturated rings. The fourth-order valence-electron chi connectivity index (χ4n) is 3.60. The van der Waals surface area contributed by atoms with Crippen molar-refractivity contribution in [2.45, 2.75) is 11.8 Å². The van der Waals surface area contributed by atoms with Gasteiger partial charge in [-0.2, -0.15) is 0 Å². The molecule has 2 heterocycles. The van der Waals surface area contributed by atoms with Gasteiger partial charge >= 0.3 is 5.97 Å². The molecule has 0 aliphatic rings. The van der Waals surface area contributed by atoms with Crippen molar-refractivity contribution in [2.24, 2.45) is 0 Å². The van der Waals surface area contributed by atoms with E-state index in [0.29, 0.717) is 23.2 Å². The largest absolute Gasteiger partial charge is 0.477 e. The van der Waals surface area contributed by atoms with Gasteiger partial charge in [-0.3, -0.25) is 0 Å². The van der Waals surface area contributed by atoms with Crippen molar-refractivity contribution in [3.05, 3.63) is 101 Å². The van der Waals surface area contributed by atoms with Crippen LogP contribution in [-0.2, 0) is 11.3 Å². The van der Waals surface area contributed by atoms with Crippen molar-refractivity contribution in [2.75, 3.05) is 0 Å². The quantitative estimate of drug-likeness (QED) is 0.250. The van der Waals surface area contributed by atoms with Crippen LogP contribution in [0.3, 0.4) is 0 Å². The maximum atomic E-state index is 14.2. The Labute approximate surface area is 186 Å². The Kier molecular flexibility index (Phi) is 5.25. The lowest BCUT2D eigenvalue weighted by atomic mass is 10.1. The monoisotopic (exact) mass is 444 g/mol. The van der Waals surface area contributed by atoms with Crippen molar-refractivity contribution >= 4 is 45.8 Å². The minimum atomic E-state index is -1.08. The highest BCUT2D eigenvalue weighted by molar-refractivity contribution is 8.03. The van der Waals surface area contributed by atoms with Crippen LogP contribution in [0.15, 0.2) is 93.5 Å². The molecule has 7 heteroatoms. The molecular formula is C25H17FN2O3S. The molecule has 2 aromatic heterocycles. The third kappa shape index (κ3) is 3.90. The SMILES string of the molecule is O=C(O)/C(=C/c1cn(Cc2ccccc2F)c2ccccc12)Sc1nc2ccccc2o1. The molecule has 5 rings (SSSR count). The Balaban J connectivity index is 1.54. The van der Waals surface area contributed by atoms with Crippen molar-refractivity contribution in [1.82, 2.24) is 9.55 Å². The molecule has 32 heavy (non-hydrogen) atoms. The van der Waals surface area contributed by atoms with Gasteiger partial charge in [0.1, 0.15) is 16.2 Å². The molecular weight excluding hydrogens is 427 g/mol. The van der Waals surface area contributed by atoms with Crippen LogP contribution in [0.2, 0.25) is 0 Å². The molecule has 0 aliphatic carbocycles. The lowest BCUT2D eigenvalue weighted by Gasteiger charge is -2.06. The fourth-order valence-corrected chi connectivity index (χ4v) is 4.33. The molecule has 0 saturated heterocycles. The Morgan fingerprint density at radius 2 is 1.81 bits per heavy atom.